The Labute approximate surface area is 247 Å². The number of amides is 3. The van der Waals surface area contributed by atoms with Gasteiger partial charge in [-0.25, -0.2) is 9.78 Å². The van der Waals surface area contributed by atoms with Crippen molar-refractivity contribution in [2.45, 2.75) is 72.6 Å². The van der Waals surface area contributed by atoms with Gasteiger partial charge in [-0.2, -0.15) is 0 Å². The minimum absolute atomic E-state index is 0.0185. The summed E-state index contributed by atoms with van der Waals surface area (Å²) in [4.78, 5) is 56.4. The lowest BCUT2D eigenvalue weighted by atomic mass is 9.91. The van der Waals surface area contributed by atoms with Gasteiger partial charge in [0.15, 0.2) is 0 Å². The van der Waals surface area contributed by atoms with Crippen LogP contribution in [0.25, 0.3) is 0 Å². The van der Waals surface area contributed by atoms with Crippen LogP contribution in [0.2, 0.25) is 0 Å². The molecule has 228 valence electrons. The quantitative estimate of drug-likeness (QED) is 0.299. The van der Waals surface area contributed by atoms with Gasteiger partial charge in [0.25, 0.3) is 5.91 Å². The van der Waals surface area contributed by atoms with Gasteiger partial charge in [-0.3, -0.25) is 14.4 Å². The lowest BCUT2D eigenvalue weighted by Gasteiger charge is -2.28. The smallest absolute Gasteiger partial charge is 0.328 e. The van der Waals surface area contributed by atoms with Gasteiger partial charge in [-0.1, -0.05) is 44.5 Å². The van der Waals surface area contributed by atoms with Gasteiger partial charge in [0.1, 0.15) is 18.5 Å². The average molecular weight is 582 g/mol. The third-order valence-corrected chi connectivity index (χ3v) is 7.02. The third kappa shape index (κ3) is 9.54. The fraction of sp³-hybridized carbons (Fsp3) is 0.516. The van der Waals surface area contributed by atoms with E-state index in [4.69, 9.17) is 4.74 Å². The summed E-state index contributed by atoms with van der Waals surface area (Å²) >= 11 is 0. The van der Waals surface area contributed by atoms with E-state index in [1.165, 1.54) is 0 Å². The molecule has 1 aliphatic heterocycles. The molecular formula is C31H43N5O6. The van der Waals surface area contributed by atoms with Crippen molar-refractivity contribution in [3.8, 4) is 0 Å². The summed E-state index contributed by atoms with van der Waals surface area (Å²) in [5, 5.41) is 18.0. The van der Waals surface area contributed by atoms with E-state index in [9.17, 15) is 24.3 Å². The molecule has 1 aromatic carbocycles. The number of carboxylic acid groups (broad SMARTS) is 1. The lowest BCUT2D eigenvalue weighted by Crippen LogP contribution is -2.49. The molecule has 1 aromatic heterocycles. The van der Waals surface area contributed by atoms with Gasteiger partial charge in [-0.15, -0.1) is 0 Å². The summed E-state index contributed by atoms with van der Waals surface area (Å²) in [6, 6.07) is 7.81. The van der Waals surface area contributed by atoms with E-state index in [-0.39, 0.29) is 36.6 Å². The van der Waals surface area contributed by atoms with Crippen molar-refractivity contribution in [3.05, 3.63) is 58.8 Å². The fourth-order valence-electron chi connectivity index (χ4n) is 5.17. The standard InChI is InChI=1S/C31H43N5O6/c1-19-11-20(2)28(21(3)12-19)29(39)35-24(30(40)41)16-34-26(37)18-42-23-13-22(15-33-25-9-7-8-10-32-25)36(17-23)27(38)14-31(4,5)6/h7-12,22-24H,13-18H2,1-6H3,(H,32,33)(H,34,37)(H,35,39)(H,40,41)/t22-,23+,24-/m0/s1. The molecule has 1 fully saturated rings. The monoisotopic (exact) mass is 581 g/mol. The lowest BCUT2D eigenvalue weighted by molar-refractivity contribution is -0.139. The Bertz CT molecular complexity index is 1250. The van der Waals surface area contributed by atoms with Crippen LogP contribution in [0.3, 0.4) is 0 Å². The Hall–Kier alpha value is -3.99. The van der Waals surface area contributed by atoms with Gasteiger partial charge in [-0.05, 0) is 55.9 Å². The molecule has 0 unspecified atom stereocenters. The van der Waals surface area contributed by atoms with Crippen LogP contribution >= 0.6 is 0 Å². The molecule has 0 spiro atoms. The Morgan fingerprint density at radius 3 is 2.40 bits per heavy atom. The first kappa shape index (κ1) is 32.5. The summed E-state index contributed by atoms with van der Waals surface area (Å²) in [6.07, 6.45) is 2.24. The number of benzene rings is 1. The molecule has 3 rings (SSSR count). The van der Waals surface area contributed by atoms with Crippen LogP contribution in [0.5, 0.6) is 0 Å². The SMILES string of the molecule is Cc1cc(C)c(C(=O)N[C@@H](CNC(=O)CO[C@@H]2C[C@@H](CNc3ccccn3)N(C(=O)CC(C)(C)C)C2)C(=O)O)c(C)c1. The van der Waals surface area contributed by atoms with E-state index < -0.39 is 23.8 Å². The van der Waals surface area contributed by atoms with Crippen molar-refractivity contribution in [1.29, 1.82) is 0 Å². The predicted octanol–water partition coefficient (Wildman–Crippen LogP) is 2.84. The molecule has 0 radical (unpaired) electrons. The zero-order chi connectivity index (χ0) is 31.0. The van der Waals surface area contributed by atoms with Gasteiger partial charge >= 0.3 is 5.97 Å². The Balaban J connectivity index is 1.54. The third-order valence-electron chi connectivity index (χ3n) is 7.02. The molecule has 0 saturated carbocycles. The largest absolute Gasteiger partial charge is 0.480 e. The highest BCUT2D eigenvalue weighted by Crippen LogP contribution is 2.26. The number of anilines is 1. The van der Waals surface area contributed by atoms with E-state index >= 15 is 0 Å². The van der Waals surface area contributed by atoms with Crippen molar-refractivity contribution < 1.29 is 29.0 Å². The van der Waals surface area contributed by atoms with E-state index in [1.54, 1.807) is 24.9 Å². The summed E-state index contributed by atoms with van der Waals surface area (Å²) < 4.78 is 5.86. The summed E-state index contributed by atoms with van der Waals surface area (Å²) in [5.74, 6) is -1.57. The second kappa shape index (κ2) is 14.3. The molecule has 3 amide bonds. The minimum Gasteiger partial charge on any atom is -0.480 e. The molecule has 2 aromatic rings. The number of aryl methyl sites for hydroxylation is 3. The molecule has 4 N–H and O–H groups in total. The number of ether oxygens (including phenoxy) is 1. The highest BCUT2D eigenvalue weighted by atomic mass is 16.5. The first-order valence-electron chi connectivity index (χ1n) is 14.2. The van der Waals surface area contributed by atoms with Gasteiger partial charge in [0.05, 0.1) is 12.1 Å². The maximum absolute atomic E-state index is 13.1. The maximum atomic E-state index is 13.1. The van der Waals surface area contributed by atoms with Crippen molar-refractivity contribution in [1.82, 2.24) is 20.5 Å². The van der Waals surface area contributed by atoms with Gasteiger partial charge in [0, 0.05) is 37.8 Å². The number of nitrogens with one attached hydrogen (secondary N) is 3. The maximum Gasteiger partial charge on any atom is 0.328 e. The first-order chi connectivity index (χ1) is 19.7. The molecule has 0 bridgehead atoms. The average Bonchev–Trinajstić information content (AvgIpc) is 3.31. The molecule has 11 nitrogen and oxygen atoms in total. The number of aromatic nitrogens is 1. The molecule has 0 aliphatic carbocycles. The summed E-state index contributed by atoms with van der Waals surface area (Å²) in [7, 11) is 0. The topological polar surface area (TPSA) is 150 Å². The van der Waals surface area contributed by atoms with E-state index in [2.05, 4.69) is 20.9 Å². The van der Waals surface area contributed by atoms with E-state index in [0.717, 1.165) is 16.7 Å². The van der Waals surface area contributed by atoms with Gasteiger partial charge < -0.3 is 30.7 Å². The molecule has 11 heteroatoms. The van der Waals surface area contributed by atoms with Gasteiger partial charge in [0.2, 0.25) is 11.8 Å². The Morgan fingerprint density at radius 2 is 1.81 bits per heavy atom. The zero-order valence-corrected chi connectivity index (χ0v) is 25.3. The molecule has 1 saturated heterocycles. The first-order valence-corrected chi connectivity index (χ1v) is 14.2. The second-order valence-corrected chi connectivity index (χ2v) is 12.1. The Kier molecular flexibility index (Phi) is 11.0. The number of hydrogen-bond donors (Lipinski definition) is 4. The number of likely N-dealkylation sites (tertiary alicyclic amines) is 1. The number of carbonyl (C=O) groups excluding carboxylic acids is 3. The number of pyridine rings is 1. The van der Waals surface area contributed by atoms with Crippen molar-refractivity contribution in [2.24, 2.45) is 5.41 Å². The molecular weight excluding hydrogens is 538 g/mol. The number of hydrogen-bond acceptors (Lipinski definition) is 7. The number of carboxylic acids is 1. The normalized spacial score (nSPS) is 17.4. The number of nitrogens with zero attached hydrogens (tertiary/aromatic N) is 2. The van der Waals surface area contributed by atoms with Crippen LogP contribution in [-0.4, -0.2) is 83.1 Å². The number of rotatable bonds is 12. The van der Waals surface area contributed by atoms with Crippen LogP contribution in [0.4, 0.5) is 5.82 Å². The molecule has 3 atom stereocenters. The van der Waals surface area contributed by atoms with Crippen molar-refractivity contribution in [2.75, 3.05) is 31.6 Å². The van der Waals surface area contributed by atoms with Crippen LogP contribution < -0.4 is 16.0 Å². The summed E-state index contributed by atoms with van der Waals surface area (Å²) in [6.45, 7) is 11.8. The van der Waals surface area contributed by atoms with E-state index in [1.807, 2.05) is 58.0 Å². The van der Waals surface area contributed by atoms with Crippen LogP contribution in [0, 0.1) is 26.2 Å². The van der Waals surface area contributed by atoms with Crippen LogP contribution in [-0.2, 0) is 19.1 Å². The molecule has 42 heavy (non-hydrogen) atoms. The highest BCUT2D eigenvalue weighted by Gasteiger charge is 2.37. The van der Waals surface area contributed by atoms with Crippen LogP contribution in [0.1, 0.15) is 60.7 Å². The van der Waals surface area contributed by atoms with Crippen molar-refractivity contribution in [3.63, 3.8) is 0 Å². The summed E-state index contributed by atoms with van der Waals surface area (Å²) in [5.41, 5.74) is 2.73. The zero-order valence-electron chi connectivity index (χ0n) is 25.3. The van der Waals surface area contributed by atoms with Crippen molar-refractivity contribution >= 4 is 29.5 Å². The van der Waals surface area contributed by atoms with E-state index in [0.29, 0.717) is 37.3 Å². The predicted molar refractivity (Wildman–Crippen MR) is 159 cm³/mol. The molecule has 2 heterocycles. The minimum atomic E-state index is -1.32. The number of aliphatic carboxylic acids is 1. The second-order valence-electron chi connectivity index (χ2n) is 12.1. The molecule has 1 aliphatic rings. The highest BCUT2D eigenvalue weighted by molar-refractivity contribution is 5.99. The fourth-order valence-corrected chi connectivity index (χ4v) is 5.17. The van der Waals surface area contributed by atoms with Crippen LogP contribution in [0.15, 0.2) is 36.5 Å². The Morgan fingerprint density at radius 1 is 1.12 bits per heavy atom. The number of carbonyl (C=O) groups is 4.